The molecule has 1 heterocycles. The maximum absolute atomic E-state index is 13.1. The van der Waals surface area contributed by atoms with E-state index in [9.17, 15) is 9.50 Å². The van der Waals surface area contributed by atoms with Gasteiger partial charge in [-0.05, 0) is 43.2 Å². The molecule has 1 aromatic rings. The number of aromatic nitrogens is 1. The summed E-state index contributed by atoms with van der Waals surface area (Å²) in [5, 5.41) is 12.6. The minimum absolute atomic E-state index is 0.0550. The third-order valence-electron chi connectivity index (χ3n) is 4.15. The van der Waals surface area contributed by atoms with Gasteiger partial charge in [-0.15, -0.1) is 0 Å². The minimum Gasteiger partial charge on any atom is -0.396 e. The number of aliphatic hydroxyl groups is 1. The van der Waals surface area contributed by atoms with Crippen molar-refractivity contribution < 1.29 is 9.50 Å². The van der Waals surface area contributed by atoms with Crippen molar-refractivity contribution in [2.75, 3.05) is 13.2 Å². The average molecular weight is 268 g/mol. The van der Waals surface area contributed by atoms with Gasteiger partial charge in [-0.1, -0.05) is 13.8 Å². The number of halogens is 1. The van der Waals surface area contributed by atoms with Gasteiger partial charge in [0.2, 0.25) is 0 Å². The van der Waals surface area contributed by atoms with Crippen LogP contribution in [0.4, 0.5) is 4.39 Å². The monoisotopic (exact) mass is 268 g/mol. The summed E-state index contributed by atoms with van der Waals surface area (Å²) in [4.78, 5) is 3.87. The number of nitrogens with one attached hydrogen (secondary N) is 1. The van der Waals surface area contributed by atoms with Crippen LogP contribution >= 0.6 is 0 Å². The van der Waals surface area contributed by atoms with Crippen molar-refractivity contribution in [2.24, 2.45) is 5.41 Å². The smallest absolute Gasteiger partial charge is 0.141 e. The maximum atomic E-state index is 13.1. The zero-order valence-corrected chi connectivity index (χ0v) is 12.1. The van der Waals surface area contributed by atoms with Crippen molar-refractivity contribution in [3.8, 4) is 0 Å². The Morgan fingerprint density at radius 1 is 1.37 bits per heavy atom. The first-order valence-corrected chi connectivity index (χ1v) is 7.01. The molecule has 0 aliphatic carbocycles. The lowest BCUT2D eigenvalue weighted by Crippen LogP contribution is -2.35. The largest absolute Gasteiger partial charge is 0.396 e. The molecule has 1 aromatic heterocycles. The van der Waals surface area contributed by atoms with Crippen molar-refractivity contribution in [1.82, 2.24) is 10.3 Å². The Bertz CT molecular complexity index is 380. The summed E-state index contributed by atoms with van der Waals surface area (Å²) in [6.07, 6.45) is 5.73. The molecular formula is C15H25FN2O. The summed E-state index contributed by atoms with van der Waals surface area (Å²) < 4.78 is 13.1. The van der Waals surface area contributed by atoms with Crippen LogP contribution in [0.1, 0.15) is 51.6 Å². The number of hydrogen-bond acceptors (Lipinski definition) is 3. The maximum Gasteiger partial charge on any atom is 0.141 e. The zero-order chi connectivity index (χ0) is 14.3. The fourth-order valence-electron chi connectivity index (χ4n) is 2.33. The summed E-state index contributed by atoms with van der Waals surface area (Å²) in [7, 11) is 0. The van der Waals surface area contributed by atoms with E-state index in [2.05, 4.69) is 24.1 Å². The standard InChI is InChI=1S/C15H25FN2O/c1-4-15(5-2,6-7-19)11-18-12(3)13-8-14(16)10-17-9-13/h8-10,12,18-19H,4-7,11H2,1-3H3. The molecule has 1 atom stereocenters. The van der Waals surface area contributed by atoms with E-state index in [0.29, 0.717) is 0 Å². The van der Waals surface area contributed by atoms with E-state index in [-0.39, 0.29) is 23.9 Å². The Hall–Kier alpha value is -1.00. The molecule has 0 aliphatic rings. The lowest BCUT2D eigenvalue weighted by atomic mass is 9.79. The predicted octanol–water partition coefficient (Wildman–Crippen LogP) is 3.06. The van der Waals surface area contributed by atoms with Crippen LogP contribution in [0.3, 0.4) is 0 Å². The van der Waals surface area contributed by atoms with E-state index in [4.69, 9.17) is 0 Å². The molecule has 2 N–H and O–H groups in total. The number of nitrogens with zero attached hydrogens (tertiary/aromatic N) is 1. The second-order valence-electron chi connectivity index (χ2n) is 5.22. The van der Waals surface area contributed by atoms with Gasteiger partial charge in [-0.2, -0.15) is 0 Å². The highest BCUT2D eigenvalue weighted by Crippen LogP contribution is 2.30. The summed E-state index contributed by atoms with van der Waals surface area (Å²) in [6.45, 7) is 7.33. The van der Waals surface area contributed by atoms with E-state index in [1.54, 1.807) is 6.20 Å². The normalized spacial score (nSPS) is 13.5. The molecule has 1 unspecified atom stereocenters. The summed E-state index contributed by atoms with van der Waals surface area (Å²) >= 11 is 0. The molecule has 0 aliphatic heterocycles. The van der Waals surface area contributed by atoms with Crippen LogP contribution in [-0.4, -0.2) is 23.2 Å². The highest BCUT2D eigenvalue weighted by Gasteiger charge is 2.25. The lowest BCUT2D eigenvalue weighted by molar-refractivity contribution is 0.160. The van der Waals surface area contributed by atoms with Crippen molar-refractivity contribution in [1.29, 1.82) is 0 Å². The molecule has 0 amide bonds. The second kappa shape index (κ2) is 7.56. The fourth-order valence-corrected chi connectivity index (χ4v) is 2.33. The van der Waals surface area contributed by atoms with E-state index in [1.165, 1.54) is 12.3 Å². The molecule has 0 aromatic carbocycles. The predicted molar refractivity (Wildman–Crippen MR) is 75.3 cm³/mol. The summed E-state index contributed by atoms with van der Waals surface area (Å²) in [5.74, 6) is -0.307. The second-order valence-corrected chi connectivity index (χ2v) is 5.22. The van der Waals surface area contributed by atoms with Crippen LogP contribution in [0.25, 0.3) is 0 Å². The van der Waals surface area contributed by atoms with Gasteiger partial charge in [0.05, 0.1) is 6.20 Å². The SMILES string of the molecule is CCC(CC)(CCO)CNC(C)c1cncc(F)c1. The van der Waals surface area contributed by atoms with Crippen molar-refractivity contribution in [3.05, 3.63) is 29.8 Å². The quantitative estimate of drug-likeness (QED) is 0.761. The Labute approximate surface area is 115 Å². The van der Waals surface area contributed by atoms with Gasteiger partial charge in [-0.3, -0.25) is 4.98 Å². The minimum atomic E-state index is -0.307. The Morgan fingerprint density at radius 2 is 2.05 bits per heavy atom. The van der Waals surface area contributed by atoms with Gasteiger partial charge in [0.15, 0.2) is 0 Å². The topological polar surface area (TPSA) is 45.1 Å². The van der Waals surface area contributed by atoms with Crippen molar-refractivity contribution in [2.45, 2.75) is 46.1 Å². The first-order valence-electron chi connectivity index (χ1n) is 7.01. The highest BCUT2D eigenvalue weighted by molar-refractivity contribution is 5.14. The molecule has 108 valence electrons. The molecule has 0 spiro atoms. The molecule has 19 heavy (non-hydrogen) atoms. The van der Waals surface area contributed by atoms with Gasteiger partial charge in [0.1, 0.15) is 5.82 Å². The van der Waals surface area contributed by atoms with Crippen LogP contribution < -0.4 is 5.32 Å². The summed E-state index contributed by atoms with van der Waals surface area (Å²) in [6, 6.07) is 1.57. The first kappa shape index (κ1) is 16.1. The molecule has 0 bridgehead atoms. The van der Waals surface area contributed by atoms with Crippen molar-refractivity contribution in [3.63, 3.8) is 0 Å². The molecule has 0 radical (unpaired) electrons. The molecule has 4 heteroatoms. The number of rotatable bonds is 8. The zero-order valence-electron chi connectivity index (χ0n) is 12.1. The van der Waals surface area contributed by atoms with Gasteiger partial charge in [0, 0.05) is 25.4 Å². The van der Waals surface area contributed by atoms with Gasteiger partial charge >= 0.3 is 0 Å². The third kappa shape index (κ3) is 4.55. The van der Waals surface area contributed by atoms with Gasteiger partial charge in [-0.25, -0.2) is 4.39 Å². The molecule has 3 nitrogen and oxygen atoms in total. The van der Waals surface area contributed by atoms with E-state index < -0.39 is 0 Å². The van der Waals surface area contributed by atoms with Gasteiger partial charge < -0.3 is 10.4 Å². The van der Waals surface area contributed by atoms with E-state index in [1.807, 2.05) is 6.92 Å². The fraction of sp³-hybridized carbons (Fsp3) is 0.667. The Kier molecular flexibility index (Phi) is 6.38. The van der Waals surface area contributed by atoms with E-state index >= 15 is 0 Å². The van der Waals surface area contributed by atoms with Crippen LogP contribution in [0.5, 0.6) is 0 Å². The first-order chi connectivity index (χ1) is 9.06. The number of pyridine rings is 1. The average Bonchev–Trinajstić information content (AvgIpc) is 2.43. The molecule has 0 saturated carbocycles. The van der Waals surface area contributed by atoms with Crippen LogP contribution in [0.15, 0.2) is 18.5 Å². The summed E-state index contributed by atoms with van der Waals surface area (Å²) in [5.41, 5.74) is 0.967. The molecule has 0 fully saturated rings. The number of aliphatic hydroxyl groups excluding tert-OH is 1. The molecule has 1 rings (SSSR count). The highest BCUT2D eigenvalue weighted by atomic mass is 19.1. The lowest BCUT2D eigenvalue weighted by Gasteiger charge is -2.33. The van der Waals surface area contributed by atoms with Crippen LogP contribution in [-0.2, 0) is 0 Å². The van der Waals surface area contributed by atoms with Crippen LogP contribution in [0.2, 0.25) is 0 Å². The van der Waals surface area contributed by atoms with Gasteiger partial charge in [0.25, 0.3) is 0 Å². The Balaban J connectivity index is 2.63. The number of hydrogen-bond donors (Lipinski definition) is 2. The van der Waals surface area contributed by atoms with Crippen LogP contribution in [0, 0.1) is 11.2 Å². The Morgan fingerprint density at radius 3 is 2.58 bits per heavy atom. The van der Waals surface area contributed by atoms with Crippen molar-refractivity contribution >= 4 is 0 Å². The van der Waals surface area contributed by atoms with E-state index in [0.717, 1.165) is 31.4 Å². The molecular weight excluding hydrogens is 243 g/mol. The third-order valence-corrected chi connectivity index (χ3v) is 4.15. The molecule has 0 saturated heterocycles.